The maximum Gasteiger partial charge on any atom is 0.261 e. The molecule has 0 aromatic carbocycles. The zero-order chi connectivity index (χ0) is 14.8. The van der Waals surface area contributed by atoms with Crippen molar-refractivity contribution in [3.05, 3.63) is 44.3 Å². The average Bonchev–Trinajstić information content (AvgIpc) is 2.97. The molecule has 1 atom stereocenters. The van der Waals surface area contributed by atoms with Crippen molar-refractivity contribution in [2.75, 3.05) is 20.6 Å². The molecule has 1 N–H and O–H groups in total. The molecule has 2 aromatic heterocycles. The molecule has 0 aliphatic heterocycles. The fraction of sp³-hybridized carbons (Fsp3) is 0.438. The lowest BCUT2D eigenvalue weighted by Gasteiger charge is -2.23. The largest absolute Gasteiger partial charge is 0.349 e. The summed E-state index contributed by atoms with van der Waals surface area (Å²) in [6.45, 7) is 0.647. The highest BCUT2D eigenvalue weighted by Gasteiger charge is 2.29. The molecular weight excluding hydrogens is 300 g/mol. The second-order valence-electron chi connectivity index (χ2n) is 5.68. The number of amides is 1. The van der Waals surface area contributed by atoms with Crippen molar-refractivity contribution < 1.29 is 4.79 Å². The van der Waals surface area contributed by atoms with Crippen LogP contribution in [0.3, 0.4) is 0 Å². The SMILES string of the molecule is CN(C)C(CNC(=O)c1sccc1C1CC1)c1cccs1. The third-order valence-corrected chi connectivity index (χ3v) is 5.77. The summed E-state index contributed by atoms with van der Waals surface area (Å²) in [4.78, 5) is 16.8. The van der Waals surface area contributed by atoms with Gasteiger partial charge in [-0.1, -0.05) is 6.07 Å². The Morgan fingerprint density at radius 3 is 2.76 bits per heavy atom. The van der Waals surface area contributed by atoms with E-state index in [9.17, 15) is 4.79 Å². The van der Waals surface area contributed by atoms with Gasteiger partial charge in [0.05, 0.1) is 10.9 Å². The van der Waals surface area contributed by atoms with Crippen LogP contribution in [0.25, 0.3) is 0 Å². The van der Waals surface area contributed by atoms with E-state index in [1.807, 2.05) is 5.38 Å². The van der Waals surface area contributed by atoms with Gasteiger partial charge in [-0.15, -0.1) is 22.7 Å². The molecule has 1 unspecified atom stereocenters. The zero-order valence-corrected chi connectivity index (χ0v) is 14.0. The minimum Gasteiger partial charge on any atom is -0.349 e. The minimum atomic E-state index is 0.0790. The van der Waals surface area contributed by atoms with Gasteiger partial charge in [0.15, 0.2) is 0 Å². The predicted molar refractivity (Wildman–Crippen MR) is 89.4 cm³/mol. The molecule has 0 bridgehead atoms. The van der Waals surface area contributed by atoms with Gasteiger partial charge in [0.2, 0.25) is 0 Å². The van der Waals surface area contributed by atoms with Crippen LogP contribution >= 0.6 is 22.7 Å². The quantitative estimate of drug-likeness (QED) is 0.880. The number of nitrogens with one attached hydrogen (secondary N) is 1. The van der Waals surface area contributed by atoms with Crippen molar-refractivity contribution in [3.63, 3.8) is 0 Å². The van der Waals surface area contributed by atoms with Crippen LogP contribution in [-0.2, 0) is 0 Å². The summed E-state index contributed by atoms with van der Waals surface area (Å²) in [6.07, 6.45) is 2.46. The van der Waals surface area contributed by atoms with Crippen LogP contribution < -0.4 is 5.32 Å². The number of hydrogen-bond acceptors (Lipinski definition) is 4. The Morgan fingerprint density at radius 2 is 2.14 bits per heavy atom. The second kappa shape index (κ2) is 6.30. The first-order chi connectivity index (χ1) is 10.2. The molecule has 1 fully saturated rings. The normalized spacial score (nSPS) is 16.1. The van der Waals surface area contributed by atoms with Crippen LogP contribution in [0.1, 0.15) is 44.9 Å². The van der Waals surface area contributed by atoms with Gasteiger partial charge in [0.1, 0.15) is 0 Å². The molecule has 1 amide bonds. The van der Waals surface area contributed by atoms with Gasteiger partial charge in [-0.05, 0) is 61.3 Å². The third-order valence-electron chi connectivity index (χ3n) is 3.87. The van der Waals surface area contributed by atoms with E-state index in [4.69, 9.17) is 0 Å². The van der Waals surface area contributed by atoms with Crippen molar-refractivity contribution in [2.45, 2.75) is 24.8 Å². The van der Waals surface area contributed by atoms with E-state index < -0.39 is 0 Å². The molecule has 21 heavy (non-hydrogen) atoms. The molecule has 0 spiro atoms. The first-order valence-electron chi connectivity index (χ1n) is 7.22. The van der Waals surface area contributed by atoms with Gasteiger partial charge >= 0.3 is 0 Å². The Labute approximate surface area is 133 Å². The Balaban J connectivity index is 1.65. The lowest BCUT2D eigenvalue weighted by Crippen LogP contribution is -2.34. The summed E-state index contributed by atoms with van der Waals surface area (Å²) in [5, 5.41) is 7.23. The molecule has 2 aromatic rings. The van der Waals surface area contributed by atoms with Crippen LogP contribution in [0.5, 0.6) is 0 Å². The monoisotopic (exact) mass is 320 g/mol. The Kier molecular flexibility index (Phi) is 4.42. The Hall–Kier alpha value is -1.17. The second-order valence-corrected chi connectivity index (χ2v) is 7.58. The Bertz CT molecular complexity index is 600. The third kappa shape index (κ3) is 3.36. The number of carbonyl (C=O) groups is 1. The van der Waals surface area contributed by atoms with Crippen LogP contribution in [0, 0.1) is 0 Å². The van der Waals surface area contributed by atoms with Crippen LogP contribution in [0.15, 0.2) is 29.0 Å². The van der Waals surface area contributed by atoms with Gasteiger partial charge in [-0.3, -0.25) is 4.79 Å². The van der Waals surface area contributed by atoms with Gasteiger partial charge in [0, 0.05) is 11.4 Å². The maximum absolute atomic E-state index is 12.4. The summed E-state index contributed by atoms with van der Waals surface area (Å²) in [5.41, 5.74) is 1.25. The molecule has 0 radical (unpaired) electrons. The number of rotatable bonds is 6. The highest BCUT2D eigenvalue weighted by atomic mass is 32.1. The van der Waals surface area contributed by atoms with E-state index in [0.29, 0.717) is 12.5 Å². The van der Waals surface area contributed by atoms with E-state index in [-0.39, 0.29) is 11.9 Å². The minimum absolute atomic E-state index is 0.0790. The first kappa shape index (κ1) is 14.8. The lowest BCUT2D eigenvalue weighted by atomic mass is 10.1. The predicted octanol–water partition coefficient (Wildman–Crippen LogP) is 3.72. The van der Waals surface area contributed by atoms with Crippen molar-refractivity contribution >= 4 is 28.6 Å². The van der Waals surface area contributed by atoms with Crippen LogP contribution in [0.4, 0.5) is 0 Å². The smallest absolute Gasteiger partial charge is 0.261 e. The van der Waals surface area contributed by atoms with Crippen molar-refractivity contribution in [1.29, 1.82) is 0 Å². The summed E-state index contributed by atoms with van der Waals surface area (Å²) in [5.74, 6) is 0.703. The van der Waals surface area contributed by atoms with Gasteiger partial charge in [-0.25, -0.2) is 0 Å². The molecule has 3 nitrogen and oxygen atoms in total. The molecule has 1 aliphatic rings. The highest BCUT2D eigenvalue weighted by Crippen LogP contribution is 2.43. The molecule has 5 heteroatoms. The zero-order valence-electron chi connectivity index (χ0n) is 12.3. The molecule has 3 rings (SSSR count). The Morgan fingerprint density at radius 1 is 1.33 bits per heavy atom. The number of nitrogens with zero attached hydrogens (tertiary/aromatic N) is 1. The van der Waals surface area contributed by atoms with Crippen molar-refractivity contribution in [2.24, 2.45) is 0 Å². The van der Waals surface area contributed by atoms with E-state index in [1.54, 1.807) is 22.7 Å². The topological polar surface area (TPSA) is 32.3 Å². The highest BCUT2D eigenvalue weighted by molar-refractivity contribution is 7.12. The van der Waals surface area contributed by atoms with E-state index in [0.717, 1.165) is 4.88 Å². The van der Waals surface area contributed by atoms with Crippen molar-refractivity contribution in [3.8, 4) is 0 Å². The summed E-state index contributed by atoms with van der Waals surface area (Å²) in [6, 6.07) is 6.53. The van der Waals surface area contributed by atoms with Gasteiger partial charge < -0.3 is 10.2 Å². The maximum atomic E-state index is 12.4. The van der Waals surface area contributed by atoms with E-state index in [1.165, 1.54) is 23.3 Å². The molecule has 1 saturated carbocycles. The average molecular weight is 320 g/mol. The molecule has 1 aliphatic carbocycles. The van der Waals surface area contributed by atoms with Crippen LogP contribution in [0.2, 0.25) is 0 Å². The van der Waals surface area contributed by atoms with Crippen molar-refractivity contribution in [1.82, 2.24) is 10.2 Å². The first-order valence-corrected chi connectivity index (χ1v) is 8.98. The number of likely N-dealkylation sites (N-methyl/N-ethyl adjacent to an activating group) is 1. The molecule has 2 heterocycles. The van der Waals surface area contributed by atoms with Gasteiger partial charge in [0.25, 0.3) is 5.91 Å². The van der Waals surface area contributed by atoms with E-state index >= 15 is 0 Å². The lowest BCUT2D eigenvalue weighted by molar-refractivity contribution is 0.0945. The molecule has 112 valence electrons. The summed E-state index contributed by atoms with van der Waals surface area (Å²) >= 11 is 3.30. The fourth-order valence-corrected chi connectivity index (χ4v) is 4.33. The number of hydrogen-bond donors (Lipinski definition) is 1. The van der Waals surface area contributed by atoms with Gasteiger partial charge in [-0.2, -0.15) is 0 Å². The molecular formula is C16H20N2OS2. The molecule has 0 saturated heterocycles. The summed E-state index contributed by atoms with van der Waals surface area (Å²) < 4.78 is 0. The van der Waals surface area contributed by atoms with Crippen LogP contribution in [-0.4, -0.2) is 31.4 Å². The standard InChI is InChI=1S/C16H20N2OS2/c1-18(2)13(14-4-3-8-20-14)10-17-16(19)15-12(7-9-21-15)11-5-6-11/h3-4,7-9,11,13H,5-6,10H2,1-2H3,(H,17,19). The summed E-state index contributed by atoms with van der Waals surface area (Å²) in [7, 11) is 4.11. The van der Waals surface area contributed by atoms with E-state index in [2.05, 4.69) is 47.9 Å². The fourth-order valence-electron chi connectivity index (χ4n) is 2.51. The number of thiophene rings is 2. The number of carbonyl (C=O) groups excluding carboxylic acids is 1.